The van der Waals surface area contributed by atoms with E-state index in [-0.39, 0.29) is 7.43 Å². The molecule has 1 nitrogen and oxygen atoms in total. The molecule has 0 atom stereocenters. The van der Waals surface area contributed by atoms with Crippen molar-refractivity contribution < 1.29 is 0 Å². The zero-order valence-electron chi connectivity index (χ0n) is 9.15. The van der Waals surface area contributed by atoms with Crippen LogP contribution in [0.15, 0.2) is 22.9 Å². The summed E-state index contributed by atoms with van der Waals surface area (Å²) in [6, 6.07) is 0.505. The fourth-order valence-electron chi connectivity index (χ4n) is 0.930. The Morgan fingerprint density at radius 2 is 1.54 bits per heavy atom. The van der Waals surface area contributed by atoms with Gasteiger partial charge in [0.1, 0.15) is 0 Å². The van der Waals surface area contributed by atoms with Crippen molar-refractivity contribution in [3.63, 3.8) is 0 Å². The second-order valence-corrected chi connectivity index (χ2v) is 3.93. The molecule has 1 N–H and O–H groups in total. The summed E-state index contributed by atoms with van der Waals surface area (Å²) in [5.74, 6) is 0. The van der Waals surface area contributed by atoms with Crippen LogP contribution in [-0.2, 0) is 0 Å². The Kier molecular flexibility index (Phi) is 7.69. The summed E-state index contributed by atoms with van der Waals surface area (Å²) in [6.45, 7) is 12.8. The Morgan fingerprint density at radius 3 is 1.77 bits per heavy atom. The van der Waals surface area contributed by atoms with E-state index in [0.717, 1.165) is 0 Å². The summed E-state index contributed by atoms with van der Waals surface area (Å²) in [4.78, 5) is 0. The first-order valence-corrected chi connectivity index (χ1v) is 4.52. The molecule has 0 aromatic heterocycles. The van der Waals surface area contributed by atoms with Crippen molar-refractivity contribution in [1.29, 1.82) is 0 Å². The van der Waals surface area contributed by atoms with Gasteiger partial charge in [-0.05, 0) is 47.6 Å². The Bertz CT molecular complexity index is 189. The van der Waals surface area contributed by atoms with Crippen LogP contribution < -0.4 is 5.32 Å². The predicted octanol–water partition coefficient (Wildman–Crippen LogP) is 3.88. The number of hydrogen-bond acceptors (Lipinski definition) is 1. The lowest BCUT2D eigenvalue weighted by Gasteiger charge is -2.13. The van der Waals surface area contributed by atoms with Gasteiger partial charge in [-0.25, -0.2) is 0 Å². The number of allylic oxidation sites excluding steroid dienone is 3. The van der Waals surface area contributed by atoms with Gasteiger partial charge in [0.25, 0.3) is 0 Å². The lowest BCUT2D eigenvalue weighted by atomic mass is 10.2. The van der Waals surface area contributed by atoms with Gasteiger partial charge >= 0.3 is 0 Å². The van der Waals surface area contributed by atoms with Crippen molar-refractivity contribution in [2.45, 2.75) is 55.0 Å². The van der Waals surface area contributed by atoms with Crippen molar-refractivity contribution in [3.8, 4) is 0 Å². The molecular weight excluding hydrogens is 158 g/mol. The standard InChI is InChI=1S/C11H21N.CH4/c1-8(2)7-11(9(3)4)12-10(5)6;/h7,10,12H,1-6H3;1H4. The van der Waals surface area contributed by atoms with Crippen LogP contribution in [0, 0.1) is 0 Å². The molecular formula is C12H25N. The van der Waals surface area contributed by atoms with Crippen LogP contribution >= 0.6 is 0 Å². The first-order chi connectivity index (χ1) is 5.43. The van der Waals surface area contributed by atoms with E-state index < -0.39 is 0 Å². The molecule has 0 spiro atoms. The molecule has 0 aliphatic carbocycles. The van der Waals surface area contributed by atoms with E-state index in [2.05, 4.69) is 52.9 Å². The number of rotatable bonds is 3. The molecule has 0 unspecified atom stereocenters. The van der Waals surface area contributed by atoms with Crippen LogP contribution in [0.5, 0.6) is 0 Å². The average Bonchev–Trinajstić information content (AvgIpc) is 1.83. The van der Waals surface area contributed by atoms with Crippen molar-refractivity contribution >= 4 is 0 Å². The Labute approximate surface area is 83.9 Å². The summed E-state index contributed by atoms with van der Waals surface area (Å²) in [5.41, 5.74) is 3.93. The SMILES string of the molecule is C.CC(C)=CC(NC(C)C)=C(C)C. The van der Waals surface area contributed by atoms with E-state index in [1.807, 2.05) is 0 Å². The Hall–Kier alpha value is -0.720. The third-order valence-electron chi connectivity index (χ3n) is 1.42. The van der Waals surface area contributed by atoms with E-state index in [9.17, 15) is 0 Å². The predicted molar refractivity (Wildman–Crippen MR) is 62.8 cm³/mol. The zero-order chi connectivity index (χ0) is 9.72. The maximum absolute atomic E-state index is 3.41. The van der Waals surface area contributed by atoms with Crippen molar-refractivity contribution in [1.82, 2.24) is 5.32 Å². The fourth-order valence-corrected chi connectivity index (χ4v) is 0.930. The molecule has 0 rings (SSSR count). The van der Waals surface area contributed by atoms with Crippen LogP contribution in [0.3, 0.4) is 0 Å². The highest BCUT2D eigenvalue weighted by atomic mass is 14.9. The highest BCUT2D eigenvalue weighted by Crippen LogP contribution is 2.05. The molecule has 13 heavy (non-hydrogen) atoms. The van der Waals surface area contributed by atoms with E-state index in [4.69, 9.17) is 0 Å². The highest BCUT2D eigenvalue weighted by Gasteiger charge is 1.97. The molecule has 0 heterocycles. The van der Waals surface area contributed by atoms with Gasteiger partial charge in [0.05, 0.1) is 0 Å². The van der Waals surface area contributed by atoms with Crippen LogP contribution in [0.2, 0.25) is 0 Å². The fraction of sp³-hybridized carbons (Fsp3) is 0.667. The van der Waals surface area contributed by atoms with Gasteiger partial charge in [-0.3, -0.25) is 0 Å². The van der Waals surface area contributed by atoms with Gasteiger partial charge in [0.15, 0.2) is 0 Å². The molecule has 0 radical (unpaired) electrons. The second kappa shape index (κ2) is 6.76. The quantitative estimate of drug-likeness (QED) is 0.655. The Morgan fingerprint density at radius 1 is 1.08 bits per heavy atom. The molecule has 78 valence electrons. The summed E-state index contributed by atoms with van der Waals surface area (Å²) in [6.07, 6.45) is 2.19. The Balaban J connectivity index is 0. The maximum atomic E-state index is 3.41. The third-order valence-corrected chi connectivity index (χ3v) is 1.42. The van der Waals surface area contributed by atoms with E-state index in [0.29, 0.717) is 6.04 Å². The van der Waals surface area contributed by atoms with Crippen molar-refractivity contribution in [2.24, 2.45) is 0 Å². The summed E-state index contributed by atoms with van der Waals surface area (Å²) in [7, 11) is 0. The van der Waals surface area contributed by atoms with Gasteiger partial charge < -0.3 is 5.32 Å². The molecule has 0 fully saturated rings. The molecule has 0 aromatic carbocycles. The molecule has 0 saturated carbocycles. The first kappa shape index (κ1) is 14.8. The van der Waals surface area contributed by atoms with Gasteiger partial charge in [0, 0.05) is 11.7 Å². The van der Waals surface area contributed by atoms with Crippen LogP contribution in [0.4, 0.5) is 0 Å². The minimum Gasteiger partial charge on any atom is -0.383 e. The second-order valence-electron chi connectivity index (χ2n) is 3.93. The monoisotopic (exact) mass is 183 g/mol. The topological polar surface area (TPSA) is 12.0 Å². The van der Waals surface area contributed by atoms with Crippen molar-refractivity contribution in [3.05, 3.63) is 22.9 Å². The molecule has 0 aliphatic rings. The van der Waals surface area contributed by atoms with Gasteiger partial charge in [0.2, 0.25) is 0 Å². The molecule has 0 bridgehead atoms. The average molecular weight is 183 g/mol. The minimum atomic E-state index is 0. The molecule has 0 aliphatic heterocycles. The first-order valence-electron chi connectivity index (χ1n) is 4.52. The largest absolute Gasteiger partial charge is 0.383 e. The van der Waals surface area contributed by atoms with Gasteiger partial charge in [-0.2, -0.15) is 0 Å². The van der Waals surface area contributed by atoms with Gasteiger partial charge in [-0.1, -0.05) is 18.6 Å². The number of hydrogen-bond donors (Lipinski definition) is 1. The van der Waals surface area contributed by atoms with Crippen LogP contribution in [0.1, 0.15) is 49.0 Å². The summed E-state index contributed by atoms with van der Waals surface area (Å²) < 4.78 is 0. The lowest BCUT2D eigenvalue weighted by molar-refractivity contribution is 0.675. The minimum absolute atomic E-state index is 0. The molecule has 1 heteroatoms. The maximum Gasteiger partial charge on any atom is 0.0327 e. The van der Waals surface area contributed by atoms with E-state index >= 15 is 0 Å². The van der Waals surface area contributed by atoms with Crippen molar-refractivity contribution in [2.75, 3.05) is 0 Å². The van der Waals surface area contributed by atoms with Crippen LogP contribution in [0.25, 0.3) is 0 Å². The number of nitrogens with one attached hydrogen (secondary N) is 1. The molecule has 0 aromatic rings. The summed E-state index contributed by atoms with van der Waals surface area (Å²) in [5, 5.41) is 3.41. The smallest absolute Gasteiger partial charge is 0.0327 e. The van der Waals surface area contributed by atoms with E-state index in [1.165, 1.54) is 16.8 Å². The lowest BCUT2D eigenvalue weighted by Crippen LogP contribution is -2.21. The third kappa shape index (κ3) is 7.63. The summed E-state index contributed by atoms with van der Waals surface area (Å²) >= 11 is 0. The van der Waals surface area contributed by atoms with Crippen LogP contribution in [-0.4, -0.2) is 6.04 Å². The normalized spacial score (nSPS) is 8.85. The highest BCUT2D eigenvalue weighted by molar-refractivity contribution is 5.24. The molecule has 0 amide bonds. The van der Waals surface area contributed by atoms with E-state index in [1.54, 1.807) is 0 Å². The zero-order valence-corrected chi connectivity index (χ0v) is 9.15. The van der Waals surface area contributed by atoms with Gasteiger partial charge in [-0.15, -0.1) is 0 Å². The molecule has 0 saturated heterocycles.